The SMILES string of the molecule is C[C@]1(CBr)[C@H]2CC[C@@]1(C)[C@H]2C(=O)O. The Morgan fingerprint density at radius 1 is 1.62 bits per heavy atom. The van der Waals surface area contributed by atoms with Crippen molar-refractivity contribution in [1.82, 2.24) is 0 Å². The molecule has 0 aromatic rings. The number of rotatable bonds is 2. The first-order chi connectivity index (χ1) is 5.97. The van der Waals surface area contributed by atoms with Crippen molar-refractivity contribution < 1.29 is 9.90 Å². The second-order valence-corrected chi connectivity index (χ2v) is 5.49. The Balaban J connectivity index is 2.32. The van der Waals surface area contributed by atoms with E-state index in [1.807, 2.05) is 0 Å². The summed E-state index contributed by atoms with van der Waals surface area (Å²) in [6.07, 6.45) is 2.17. The van der Waals surface area contributed by atoms with Crippen LogP contribution in [0.2, 0.25) is 0 Å². The number of alkyl halides is 1. The topological polar surface area (TPSA) is 37.3 Å². The van der Waals surface area contributed by atoms with Crippen LogP contribution in [0.15, 0.2) is 0 Å². The highest BCUT2D eigenvalue weighted by atomic mass is 79.9. The molecule has 0 aliphatic heterocycles. The summed E-state index contributed by atoms with van der Waals surface area (Å²) in [6.45, 7) is 4.36. The van der Waals surface area contributed by atoms with Gasteiger partial charge in [0.2, 0.25) is 0 Å². The summed E-state index contributed by atoms with van der Waals surface area (Å²) in [5.74, 6) is -0.284. The van der Waals surface area contributed by atoms with Gasteiger partial charge in [0.05, 0.1) is 5.92 Å². The van der Waals surface area contributed by atoms with E-state index in [1.54, 1.807) is 0 Å². The zero-order valence-corrected chi connectivity index (χ0v) is 9.60. The fraction of sp³-hybridized carbons (Fsp3) is 0.900. The van der Waals surface area contributed by atoms with Gasteiger partial charge < -0.3 is 5.11 Å². The van der Waals surface area contributed by atoms with Crippen LogP contribution in [0, 0.1) is 22.7 Å². The molecule has 0 radical (unpaired) electrons. The maximum Gasteiger partial charge on any atom is 0.307 e. The minimum Gasteiger partial charge on any atom is -0.481 e. The second kappa shape index (κ2) is 2.50. The van der Waals surface area contributed by atoms with Crippen LogP contribution in [0.1, 0.15) is 26.7 Å². The number of hydrogen-bond donors (Lipinski definition) is 1. The highest BCUT2D eigenvalue weighted by Gasteiger charge is 2.72. The lowest BCUT2D eigenvalue weighted by Gasteiger charge is -2.59. The molecule has 0 amide bonds. The Kier molecular flexibility index (Phi) is 1.83. The lowest BCUT2D eigenvalue weighted by atomic mass is 9.45. The molecule has 2 bridgehead atoms. The summed E-state index contributed by atoms with van der Waals surface area (Å²) >= 11 is 3.52. The predicted molar refractivity (Wildman–Crippen MR) is 53.9 cm³/mol. The van der Waals surface area contributed by atoms with Gasteiger partial charge in [-0.25, -0.2) is 0 Å². The van der Waals surface area contributed by atoms with E-state index in [4.69, 9.17) is 5.11 Å². The Morgan fingerprint density at radius 3 is 2.54 bits per heavy atom. The first-order valence-electron chi connectivity index (χ1n) is 4.76. The average molecular weight is 247 g/mol. The molecule has 0 unspecified atom stereocenters. The summed E-state index contributed by atoms with van der Waals surface area (Å²) in [6, 6.07) is 0. The zero-order chi connectivity index (χ0) is 9.85. The number of carboxylic acid groups (broad SMARTS) is 1. The molecule has 3 aliphatic carbocycles. The fourth-order valence-electron chi connectivity index (χ4n) is 3.57. The third-order valence-electron chi connectivity index (χ3n) is 4.73. The molecule has 0 aromatic carbocycles. The molecule has 4 atom stereocenters. The largest absolute Gasteiger partial charge is 0.481 e. The first-order valence-corrected chi connectivity index (χ1v) is 5.88. The van der Waals surface area contributed by atoms with Crippen LogP contribution in [-0.2, 0) is 4.79 Å². The van der Waals surface area contributed by atoms with E-state index in [9.17, 15) is 4.79 Å². The van der Waals surface area contributed by atoms with Gasteiger partial charge in [-0.3, -0.25) is 4.79 Å². The van der Waals surface area contributed by atoms with Gasteiger partial charge in [0.15, 0.2) is 0 Å². The lowest BCUT2D eigenvalue weighted by molar-refractivity contribution is -0.176. The molecule has 2 nitrogen and oxygen atoms in total. The highest BCUT2D eigenvalue weighted by molar-refractivity contribution is 9.09. The van der Waals surface area contributed by atoms with Crippen molar-refractivity contribution in [1.29, 1.82) is 0 Å². The van der Waals surface area contributed by atoms with Gasteiger partial charge in [-0.15, -0.1) is 0 Å². The summed E-state index contributed by atoms with van der Waals surface area (Å²) in [5.41, 5.74) is 0.253. The molecule has 0 aromatic heterocycles. The Morgan fingerprint density at radius 2 is 2.23 bits per heavy atom. The van der Waals surface area contributed by atoms with Crippen molar-refractivity contribution in [3.05, 3.63) is 0 Å². The number of carbonyl (C=O) groups is 1. The van der Waals surface area contributed by atoms with Crippen LogP contribution < -0.4 is 0 Å². The van der Waals surface area contributed by atoms with Crippen molar-refractivity contribution in [2.75, 3.05) is 5.33 Å². The van der Waals surface area contributed by atoms with E-state index in [0.717, 1.165) is 18.2 Å². The molecule has 3 fully saturated rings. The monoisotopic (exact) mass is 246 g/mol. The molecule has 0 saturated heterocycles. The number of carboxylic acids is 1. The van der Waals surface area contributed by atoms with Gasteiger partial charge >= 0.3 is 5.97 Å². The van der Waals surface area contributed by atoms with Crippen molar-refractivity contribution in [2.45, 2.75) is 26.7 Å². The molecule has 0 heterocycles. The van der Waals surface area contributed by atoms with Crippen LogP contribution >= 0.6 is 15.9 Å². The lowest BCUT2D eigenvalue weighted by Crippen LogP contribution is -2.60. The summed E-state index contributed by atoms with van der Waals surface area (Å²) in [5, 5.41) is 10.0. The third-order valence-corrected chi connectivity index (χ3v) is 5.90. The van der Waals surface area contributed by atoms with E-state index in [0.29, 0.717) is 5.92 Å². The van der Waals surface area contributed by atoms with Gasteiger partial charge in [0.25, 0.3) is 0 Å². The maximum atomic E-state index is 11.0. The number of halogens is 1. The van der Waals surface area contributed by atoms with Crippen LogP contribution in [0.5, 0.6) is 0 Å². The van der Waals surface area contributed by atoms with E-state index >= 15 is 0 Å². The smallest absolute Gasteiger partial charge is 0.307 e. The van der Waals surface area contributed by atoms with Crippen molar-refractivity contribution >= 4 is 21.9 Å². The van der Waals surface area contributed by atoms with Gasteiger partial charge in [0.1, 0.15) is 0 Å². The molecule has 74 valence electrons. The van der Waals surface area contributed by atoms with Gasteiger partial charge in [-0.2, -0.15) is 0 Å². The van der Waals surface area contributed by atoms with Crippen molar-refractivity contribution in [3.8, 4) is 0 Å². The number of fused-ring (bicyclic) bond motifs is 1. The van der Waals surface area contributed by atoms with Crippen LogP contribution in [0.3, 0.4) is 0 Å². The Bertz CT molecular complexity index is 266. The molecule has 3 heteroatoms. The second-order valence-electron chi connectivity index (χ2n) is 4.93. The summed E-state index contributed by atoms with van der Waals surface area (Å²) < 4.78 is 0. The fourth-order valence-corrected chi connectivity index (χ4v) is 4.63. The van der Waals surface area contributed by atoms with E-state index < -0.39 is 5.97 Å². The maximum absolute atomic E-state index is 11.0. The molecule has 0 spiro atoms. The van der Waals surface area contributed by atoms with Gasteiger partial charge in [0, 0.05) is 5.33 Å². The van der Waals surface area contributed by atoms with Crippen molar-refractivity contribution in [3.63, 3.8) is 0 Å². The van der Waals surface area contributed by atoms with Gasteiger partial charge in [-0.1, -0.05) is 29.8 Å². The normalized spacial score (nSPS) is 53.2. The highest BCUT2D eigenvalue weighted by Crippen LogP contribution is 2.74. The number of hydrogen-bond acceptors (Lipinski definition) is 1. The van der Waals surface area contributed by atoms with E-state index in [2.05, 4.69) is 29.8 Å². The molecule has 3 saturated carbocycles. The quantitative estimate of drug-likeness (QED) is 0.761. The molecular formula is C10H15BrO2. The average Bonchev–Trinajstić information content (AvgIpc) is 2.54. The Hall–Kier alpha value is -0.0500. The molecule has 1 N–H and O–H groups in total. The minimum atomic E-state index is -0.594. The predicted octanol–water partition coefficient (Wildman–Crippen LogP) is 2.52. The standard InChI is InChI=1S/C10H15BrO2/c1-9-4-3-6(7(9)8(12)13)10(9,2)5-11/h6-7H,3-5H2,1-2H3,(H,12,13)/t6-,7+,9-,10-/m0/s1. The van der Waals surface area contributed by atoms with Crippen LogP contribution in [-0.4, -0.2) is 16.4 Å². The molecular weight excluding hydrogens is 232 g/mol. The molecule has 13 heavy (non-hydrogen) atoms. The molecule has 3 rings (SSSR count). The number of aliphatic carboxylic acids is 1. The first kappa shape index (κ1) is 9.50. The minimum absolute atomic E-state index is 0.0347. The summed E-state index contributed by atoms with van der Waals surface area (Å²) in [7, 11) is 0. The van der Waals surface area contributed by atoms with E-state index in [1.165, 1.54) is 0 Å². The zero-order valence-electron chi connectivity index (χ0n) is 8.01. The third kappa shape index (κ3) is 0.821. The summed E-state index contributed by atoms with van der Waals surface area (Å²) in [4.78, 5) is 11.0. The van der Waals surface area contributed by atoms with Gasteiger partial charge in [-0.05, 0) is 29.6 Å². The van der Waals surface area contributed by atoms with E-state index in [-0.39, 0.29) is 16.7 Å². The Labute approximate surface area is 86.8 Å². The van der Waals surface area contributed by atoms with Crippen molar-refractivity contribution in [2.24, 2.45) is 22.7 Å². The van der Waals surface area contributed by atoms with Crippen LogP contribution in [0.4, 0.5) is 0 Å². The van der Waals surface area contributed by atoms with Crippen LogP contribution in [0.25, 0.3) is 0 Å². The molecule has 3 aliphatic rings.